The quantitative estimate of drug-likeness (QED) is 0.932. The summed E-state index contributed by atoms with van der Waals surface area (Å²) in [5, 5.41) is 3.33. The Bertz CT molecular complexity index is 535. The zero-order valence-electron chi connectivity index (χ0n) is 13.8. The van der Waals surface area contributed by atoms with Gasteiger partial charge in [0.2, 0.25) is 5.91 Å². The zero-order valence-corrected chi connectivity index (χ0v) is 13.8. The summed E-state index contributed by atoms with van der Waals surface area (Å²) >= 11 is 0. The molecule has 2 aliphatic rings. The summed E-state index contributed by atoms with van der Waals surface area (Å²) in [6.45, 7) is 6.87. The highest BCUT2D eigenvalue weighted by atomic mass is 16.5. The van der Waals surface area contributed by atoms with Crippen molar-refractivity contribution in [2.45, 2.75) is 38.6 Å². The van der Waals surface area contributed by atoms with Crippen LogP contribution in [0.3, 0.4) is 0 Å². The fourth-order valence-corrected chi connectivity index (χ4v) is 3.78. The normalized spacial score (nSPS) is 31.5. The second kappa shape index (κ2) is 5.92. The molecule has 0 aliphatic carbocycles. The number of carbonyl (C=O) groups is 1. The lowest BCUT2D eigenvalue weighted by molar-refractivity contribution is -0.140. The molecule has 4 nitrogen and oxygen atoms in total. The van der Waals surface area contributed by atoms with Crippen LogP contribution in [0.2, 0.25) is 0 Å². The van der Waals surface area contributed by atoms with Crippen molar-refractivity contribution in [3.05, 3.63) is 29.8 Å². The van der Waals surface area contributed by atoms with E-state index in [1.165, 1.54) is 5.56 Å². The maximum Gasteiger partial charge on any atom is 0.230 e. The molecule has 4 heteroatoms. The fraction of sp³-hybridized carbons (Fsp3) is 0.611. The van der Waals surface area contributed by atoms with Crippen LogP contribution in [0.1, 0.15) is 38.2 Å². The number of carbonyl (C=O) groups excluding carboxylic acids is 1. The van der Waals surface area contributed by atoms with Crippen molar-refractivity contribution in [3.63, 3.8) is 0 Å². The Morgan fingerprint density at radius 1 is 1.36 bits per heavy atom. The molecule has 3 atom stereocenters. The molecule has 1 amide bonds. The smallest absolute Gasteiger partial charge is 0.230 e. The maximum atomic E-state index is 12.9. The van der Waals surface area contributed by atoms with Crippen LogP contribution in [0.5, 0.6) is 5.75 Å². The standard InChI is InChI=1S/C18H26N2O2/c1-13-10-15(14-4-6-16(22-3)7-5-14)11-20(13)17(21)18(2)8-9-19-12-18/h4-7,13,15,19H,8-12H2,1-3H3/t13-,15-,18-/m1/s1. The second-order valence-electron chi connectivity index (χ2n) is 7.00. The lowest BCUT2D eigenvalue weighted by Crippen LogP contribution is -2.45. The van der Waals surface area contributed by atoms with Crippen LogP contribution in [0.25, 0.3) is 0 Å². The van der Waals surface area contributed by atoms with Gasteiger partial charge in [0.05, 0.1) is 12.5 Å². The zero-order chi connectivity index (χ0) is 15.7. The number of hydrogen-bond acceptors (Lipinski definition) is 3. The van der Waals surface area contributed by atoms with E-state index in [4.69, 9.17) is 4.74 Å². The summed E-state index contributed by atoms with van der Waals surface area (Å²) in [7, 11) is 1.68. The molecule has 1 aromatic carbocycles. The van der Waals surface area contributed by atoms with Crippen molar-refractivity contribution in [2.75, 3.05) is 26.7 Å². The molecule has 0 aromatic heterocycles. The van der Waals surface area contributed by atoms with E-state index in [0.717, 1.165) is 38.2 Å². The molecule has 1 N–H and O–H groups in total. The Balaban J connectivity index is 1.72. The molecule has 22 heavy (non-hydrogen) atoms. The monoisotopic (exact) mass is 302 g/mol. The van der Waals surface area contributed by atoms with Gasteiger partial charge in [0, 0.05) is 25.0 Å². The van der Waals surface area contributed by atoms with Crippen molar-refractivity contribution < 1.29 is 9.53 Å². The Hall–Kier alpha value is -1.55. The molecule has 0 unspecified atom stereocenters. The van der Waals surface area contributed by atoms with Crippen LogP contribution in [0.15, 0.2) is 24.3 Å². The van der Waals surface area contributed by atoms with Crippen LogP contribution in [0.4, 0.5) is 0 Å². The predicted molar refractivity (Wildman–Crippen MR) is 87.1 cm³/mol. The highest BCUT2D eigenvalue weighted by Gasteiger charge is 2.43. The van der Waals surface area contributed by atoms with Gasteiger partial charge < -0.3 is 15.0 Å². The predicted octanol–water partition coefficient (Wildman–Crippen LogP) is 2.40. The number of ether oxygens (including phenoxy) is 1. The molecular formula is C18H26N2O2. The Morgan fingerprint density at radius 3 is 2.68 bits per heavy atom. The summed E-state index contributed by atoms with van der Waals surface area (Å²) in [6, 6.07) is 8.59. The molecule has 2 fully saturated rings. The van der Waals surface area contributed by atoms with Crippen LogP contribution in [0, 0.1) is 5.41 Å². The van der Waals surface area contributed by atoms with Gasteiger partial charge in [-0.2, -0.15) is 0 Å². The number of nitrogens with zero attached hydrogens (tertiary/aromatic N) is 1. The highest BCUT2D eigenvalue weighted by Crippen LogP contribution is 2.36. The molecule has 0 radical (unpaired) electrons. The van der Waals surface area contributed by atoms with Gasteiger partial charge in [-0.25, -0.2) is 0 Å². The highest BCUT2D eigenvalue weighted by molar-refractivity contribution is 5.83. The van der Waals surface area contributed by atoms with E-state index < -0.39 is 0 Å². The van der Waals surface area contributed by atoms with E-state index in [1.807, 2.05) is 12.1 Å². The van der Waals surface area contributed by atoms with Gasteiger partial charge in [-0.1, -0.05) is 12.1 Å². The summed E-state index contributed by atoms with van der Waals surface area (Å²) in [6.07, 6.45) is 1.99. The van der Waals surface area contributed by atoms with Crippen molar-refractivity contribution >= 4 is 5.91 Å². The number of amides is 1. The lowest BCUT2D eigenvalue weighted by atomic mass is 9.88. The third-order valence-electron chi connectivity index (χ3n) is 5.31. The first-order chi connectivity index (χ1) is 10.5. The fourth-order valence-electron chi connectivity index (χ4n) is 3.78. The van der Waals surface area contributed by atoms with Crippen molar-refractivity contribution in [2.24, 2.45) is 5.41 Å². The number of benzene rings is 1. The van der Waals surface area contributed by atoms with Crippen LogP contribution >= 0.6 is 0 Å². The van der Waals surface area contributed by atoms with Gasteiger partial charge in [-0.05, 0) is 50.9 Å². The van der Waals surface area contributed by atoms with Crippen LogP contribution in [-0.4, -0.2) is 43.6 Å². The topological polar surface area (TPSA) is 41.6 Å². The molecule has 120 valence electrons. The first-order valence-electron chi connectivity index (χ1n) is 8.19. The first-order valence-corrected chi connectivity index (χ1v) is 8.19. The van der Waals surface area contributed by atoms with E-state index in [0.29, 0.717) is 17.9 Å². The minimum atomic E-state index is -0.219. The van der Waals surface area contributed by atoms with Gasteiger partial charge >= 0.3 is 0 Å². The van der Waals surface area contributed by atoms with Crippen molar-refractivity contribution in [1.82, 2.24) is 10.2 Å². The molecule has 2 saturated heterocycles. The minimum absolute atomic E-state index is 0.219. The summed E-state index contributed by atoms with van der Waals surface area (Å²) in [5.41, 5.74) is 1.08. The molecular weight excluding hydrogens is 276 g/mol. The third kappa shape index (κ3) is 2.72. The Kier molecular flexibility index (Phi) is 4.13. The lowest BCUT2D eigenvalue weighted by Gasteiger charge is -2.31. The SMILES string of the molecule is COc1ccc([C@@H]2C[C@@H](C)N(C(=O)[C@]3(C)CCNC3)C2)cc1. The summed E-state index contributed by atoms with van der Waals surface area (Å²) < 4.78 is 5.22. The second-order valence-corrected chi connectivity index (χ2v) is 7.00. The largest absolute Gasteiger partial charge is 0.497 e. The van der Waals surface area contributed by atoms with Gasteiger partial charge in [0.1, 0.15) is 5.75 Å². The van der Waals surface area contributed by atoms with Gasteiger partial charge in [-0.15, -0.1) is 0 Å². The van der Waals surface area contributed by atoms with E-state index >= 15 is 0 Å². The van der Waals surface area contributed by atoms with Gasteiger partial charge in [0.25, 0.3) is 0 Å². The molecule has 0 saturated carbocycles. The molecule has 0 spiro atoms. The molecule has 3 rings (SSSR count). The number of hydrogen-bond donors (Lipinski definition) is 1. The van der Waals surface area contributed by atoms with Crippen molar-refractivity contribution in [3.8, 4) is 5.75 Å². The summed E-state index contributed by atoms with van der Waals surface area (Å²) in [4.78, 5) is 15.0. The third-order valence-corrected chi connectivity index (χ3v) is 5.31. The van der Waals surface area contributed by atoms with Gasteiger partial charge in [0.15, 0.2) is 0 Å². The number of rotatable bonds is 3. The van der Waals surface area contributed by atoms with Crippen LogP contribution < -0.4 is 10.1 Å². The first kappa shape index (κ1) is 15.3. The molecule has 2 heterocycles. The molecule has 0 bridgehead atoms. The minimum Gasteiger partial charge on any atom is -0.497 e. The Labute approximate surface area is 132 Å². The van der Waals surface area contributed by atoms with E-state index in [1.54, 1.807) is 7.11 Å². The van der Waals surface area contributed by atoms with E-state index in [2.05, 4.69) is 36.2 Å². The number of likely N-dealkylation sites (tertiary alicyclic amines) is 1. The average Bonchev–Trinajstić information content (AvgIpc) is 3.14. The van der Waals surface area contributed by atoms with Crippen LogP contribution in [-0.2, 0) is 4.79 Å². The molecule has 1 aromatic rings. The summed E-state index contributed by atoms with van der Waals surface area (Å²) in [5.74, 6) is 1.64. The Morgan fingerprint density at radius 2 is 2.09 bits per heavy atom. The van der Waals surface area contributed by atoms with E-state index in [-0.39, 0.29) is 5.41 Å². The average molecular weight is 302 g/mol. The number of nitrogens with one attached hydrogen (secondary N) is 1. The van der Waals surface area contributed by atoms with E-state index in [9.17, 15) is 4.79 Å². The van der Waals surface area contributed by atoms with Crippen molar-refractivity contribution in [1.29, 1.82) is 0 Å². The van der Waals surface area contributed by atoms with Gasteiger partial charge in [-0.3, -0.25) is 4.79 Å². The maximum absolute atomic E-state index is 12.9. The molecule has 2 aliphatic heterocycles. The number of methoxy groups -OCH3 is 1.